The Kier molecular flexibility index (Phi) is 6.41. The first kappa shape index (κ1) is 20.7. The van der Waals surface area contributed by atoms with Gasteiger partial charge in [0.05, 0.1) is 19.1 Å². The Bertz CT molecular complexity index is 982. The van der Waals surface area contributed by atoms with E-state index < -0.39 is 10.0 Å². The van der Waals surface area contributed by atoms with Crippen LogP contribution in [-0.4, -0.2) is 26.9 Å². The molecular formula is C22H24N2O4S. The van der Waals surface area contributed by atoms with Gasteiger partial charge in [-0.3, -0.25) is 0 Å². The summed E-state index contributed by atoms with van der Waals surface area (Å²) in [6.45, 7) is 0.450. The van der Waals surface area contributed by atoms with E-state index in [1.165, 1.54) is 16.4 Å². The molecule has 3 rings (SSSR count). The topological polar surface area (TPSA) is 81.9 Å². The monoisotopic (exact) mass is 412 g/mol. The van der Waals surface area contributed by atoms with Gasteiger partial charge in [0.2, 0.25) is 10.0 Å². The molecular weight excluding hydrogens is 388 g/mol. The molecule has 7 heteroatoms. The van der Waals surface area contributed by atoms with Crippen LogP contribution in [0.4, 0.5) is 5.69 Å². The Morgan fingerprint density at radius 2 is 1.14 bits per heavy atom. The van der Waals surface area contributed by atoms with Crippen LogP contribution in [0.1, 0.15) is 11.1 Å². The fourth-order valence-corrected chi connectivity index (χ4v) is 4.30. The summed E-state index contributed by atoms with van der Waals surface area (Å²) >= 11 is 0. The van der Waals surface area contributed by atoms with E-state index >= 15 is 0 Å². The zero-order valence-corrected chi connectivity index (χ0v) is 17.2. The molecule has 0 amide bonds. The molecule has 3 aromatic rings. The lowest BCUT2D eigenvalue weighted by molar-refractivity contribution is 0.397. The molecule has 0 saturated heterocycles. The molecule has 3 aromatic carbocycles. The van der Waals surface area contributed by atoms with Crippen LogP contribution in [0, 0.1) is 0 Å². The molecule has 0 aliphatic heterocycles. The van der Waals surface area contributed by atoms with Gasteiger partial charge in [-0.1, -0.05) is 24.3 Å². The van der Waals surface area contributed by atoms with Crippen molar-refractivity contribution in [1.29, 1.82) is 0 Å². The highest BCUT2D eigenvalue weighted by atomic mass is 32.2. The first-order valence-corrected chi connectivity index (χ1v) is 10.5. The number of hydrogen-bond donors (Lipinski definition) is 1. The number of nitrogens with two attached hydrogens (primary N) is 1. The third kappa shape index (κ3) is 5.07. The van der Waals surface area contributed by atoms with Crippen LogP contribution in [0.15, 0.2) is 77.7 Å². The van der Waals surface area contributed by atoms with Gasteiger partial charge in [-0.05, 0) is 59.7 Å². The fourth-order valence-electron chi connectivity index (χ4n) is 2.88. The van der Waals surface area contributed by atoms with Crippen molar-refractivity contribution in [2.45, 2.75) is 18.0 Å². The van der Waals surface area contributed by atoms with E-state index in [1.54, 1.807) is 26.4 Å². The SMILES string of the molecule is COc1ccc(CN(Cc2ccc(OC)cc2)S(=O)(=O)c2ccc(N)cc2)cc1. The minimum atomic E-state index is -3.73. The molecule has 0 bridgehead atoms. The van der Waals surface area contributed by atoms with Crippen molar-refractivity contribution in [3.63, 3.8) is 0 Å². The van der Waals surface area contributed by atoms with Crippen LogP contribution < -0.4 is 15.2 Å². The van der Waals surface area contributed by atoms with Crippen molar-refractivity contribution >= 4 is 15.7 Å². The number of ether oxygens (including phenoxy) is 2. The summed E-state index contributed by atoms with van der Waals surface area (Å²) in [7, 11) is -0.543. The van der Waals surface area contributed by atoms with Crippen molar-refractivity contribution in [1.82, 2.24) is 4.31 Å². The van der Waals surface area contributed by atoms with Crippen molar-refractivity contribution in [2.75, 3.05) is 20.0 Å². The summed E-state index contributed by atoms with van der Waals surface area (Å²) < 4.78 is 38.5. The third-order valence-electron chi connectivity index (χ3n) is 4.55. The van der Waals surface area contributed by atoms with E-state index in [0.29, 0.717) is 5.69 Å². The summed E-state index contributed by atoms with van der Waals surface area (Å²) in [5.74, 6) is 1.44. The minimum absolute atomic E-state index is 0.203. The van der Waals surface area contributed by atoms with Crippen LogP contribution in [0.25, 0.3) is 0 Å². The normalized spacial score (nSPS) is 11.4. The van der Waals surface area contributed by atoms with E-state index in [0.717, 1.165) is 22.6 Å². The average Bonchev–Trinajstić information content (AvgIpc) is 2.74. The van der Waals surface area contributed by atoms with Gasteiger partial charge < -0.3 is 15.2 Å². The molecule has 0 fully saturated rings. The van der Waals surface area contributed by atoms with Gasteiger partial charge in [0.1, 0.15) is 11.5 Å². The maximum Gasteiger partial charge on any atom is 0.243 e. The Hall–Kier alpha value is -3.03. The van der Waals surface area contributed by atoms with Gasteiger partial charge in [-0.25, -0.2) is 8.42 Å². The number of nitrogens with zero attached hydrogens (tertiary/aromatic N) is 1. The predicted molar refractivity (Wildman–Crippen MR) is 113 cm³/mol. The largest absolute Gasteiger partial charge is 0.497 e. The van der Waals surface area contributed by atoms with E-state index in [2.05, 4.69) is 0 Å². The molecule has 2 N–H and O–H groups in total. The summed E-state index contributed by atoms with van der Waals surface area (Å²) in [4.78, 5) is 0.203. The summed E-state index contributed by atoms with van der Waals surface area (Å²) in [5.41, 5.74) is 7.95. The van der Waals surface area contributed by atoms with Crippen LogP contribution in [0.2, 0.25) is 0 Å². The molecule has 0 aliphatic carbocycles. The molecule has 0 radical (unpaired) electrons. The molecule has 0 saturated carbocycles. The van der Waals surface area contributed by atoms with E-state index in [-0.39, 0.29) is 18.0 Å². The predicted octanol–water partition coefficient (Wildman–Crippen LogP) is 3.68. The van der Waals surface area contributed by atoms with Crippen molar-refractivity contribution in [3.05, 3.63) is 83.9 Å². The van der Waals surface area contributed by atoms with Crippen molar-refractivity contribution < 1.29 is 17.9 Å². The molecule has 152 valence electrons. The highest BCUT2D eigenvalue weighted by Crippen LogP contribution is 2.24. The number of benzene rings is 3. The molecule has 0 heterocycles. The van der Waals surface area contributed by atoms with Gasteiger partial charge in [0.25, 0.3) is 0 Å². The van der Waals surface area contributed by atoms with E-state index in [9.17, 15) is 8.42 Å². The zero-order valence-electron chi connectivity index (χ0n) is 16.4. The number of nitrogen functional groups attached to an aromatic ring is 1. The fraction of sp³-hybridized carbons (Fsp3) is 0.182. The Morgan fingerprint density at radius 1 is 0.724 bits per heavy atom. The number of methoxy groups -OCH3 is 2. The Morgan fingerprint density at radius 3 is 1.52 bits per heavy atom. The Labute approximate surface area is 171 Å². The minimum Gasteiger partial charge on any atom is -0.497 e. The summed E-state index contributed by atoms with van der Waals surface area (Å²) in [6.07, 6.45) is 0. The summed E-state index contributed by atoms with van der Waals surface area (Å²) in [6, 6.07) is 20.9. The molecule has 0 aliphatic rings. The quantitative estimate of drug-likeness (QED) is 0.571. The van der Waals surface area contributed by atoms with Gasteiger partial charge in [0, 0.05) is 18.8 Å². The highest BCUT2D eigenvalue weighted by Gasteiger charge is 2.25. The molecule has 0 unspecified atom stereocenters. The standard InChI is InChI=1S/C22H24N2O4S/c1-27-20-9-3-17(4-10-20)15-24(16-18-5-11-21(28-2)12-6-18)29(25,26)22-13-7-19(23)8-14-22/h3-14H,15-16,23H2,1-2H3. The first-order chi connectivity index (χ1) is 13.9. The number of anilines is 1. The number of hydrogen-bond acceptors (Lipinski definition) is 5. The maximum absolute atomic E-state index is 13.3. The Balaban J connectivity index is 1.93. The highest BCUT2D eigenvalue weighted by molar-refractivity contribution is 7.89. The first-order valence-electron chi connectivity index (χ1n) is 9.04. The van der Waals surface area contributed by atoms with Gasteiger partial charge in [-0.15, -0.1) is 0 Å². The average molecular weight is 413 g/mol. The van der Waals surface area contributed by atoms with Crippen molar-refractivity contribution in [3.8, 4) is 11.5 Å². The zero-order chi connectivity index (χ0) is 20.9. The second-order valence-corrected chi connectivity index (χ2v) is 8.48. The van der Waals surface area contributed by atoms with Crippen molar-refractivity contribution in [2.24, 2.45) is 0 Å². The van der Waals surface area contributed by atoms with Crippen LogP contribution >= 0.6 is 0 Å². The summed E-state index contributed by atoms with van der Waals surface area (Å²) in [5, 5.41) is 0. The molecule has 0 atom stereocenters. The molecule has 6 nitrogen and oxygen atoms in total. The second kappa shape index (κ2) is 8.98. The smallest absolute Gasteiger partial charge is 0.243 e. The van der Waals surface area contributed by atoms with Crippen LogP contribution in [0.3, 0.4) is 0 Å². The number of rotatable bonds is 8. The lowest BCUT2D eigenvalue weighted by atomic mass is 10.2. The van der Waals surface area contributed by atoms with Gasteiger partial charge in [-0.2, -0.15) is 4.31 Å². The molecule has 0 spiro atoms. The van der Waals surface area contributed by atoms with Gasteiger partial charge in [0.15, 0.2) is 0 Å². The number of sulfonamides is 1. The lowest BCUT2D eigenvalue weighted by Gasteiger charge is -2.23. The molecule has 29 heavy (non-hydrogen) atoms. The lowest BCUT2D eigenvalue weighted by Crippen LogP contribution is -2.30. The van der Waals surface area contributed by atoms with E-state index in [1.807, 2.05) is 48.5 Å². The second-order valence-electron chi connectivity index (χ2n) is 6.54. The van der Waals surface area contributed by atoms with Gasteiger partial charge >= 0.3 is 0 Å². The van der Waals surface area contributed by atoms with Crippen LogP contribution in [-0.2, 0) is 23.1 Å². The third-order valence-corrected chi connectivity index (χ3v) is 6.36. The van der Waals surface area contributed by atoms with E-state index in [4.69, 9.17) is 15.2 Å². The molecule has 0 aromatic heterocycles. The van der Waals surface area contributed by atoms with Crippen LogP contribution in [0.5, 0.6) is 11.5 Å². The maximum atomic E-state index is 13.3.